The molecule has 4 rings (SSSR count). The van der Waals surface area contributed by atoms with Gasteiger partial charge in [-0.15, -0.1) is 0 Å². The second-order valence-electron chi connectivity index (χ2n) is 9.08. The van der Waals surface area contributed by atoms with Crippen LogP contribution in [-0.2, 0) is 4.79 Å². The van der Waals surface area contributed by atoms with Crippen molar-refractivity contribution in [2.24, 2.45) is 11.1 Å². The Kier molecular flexibility index (Phi) is 5.67. The lowest BCUT2D eigenvalue weighted by molar-refractivity contribution is -0.143. The monoisotopic (exact) mass is 420 g/mol. The van der Waals surface area contributed by atoms with Gasteiger partial charge in [-0.3, -0.25) is 9.69 Å². The van der Waals surface area contributed by atoms with Crippen LogP contribution >= 0.6 is 0 Å². The lowest BCUT2D eigenvalue weighted by Gasteiger charge is -2.62. The molecule has 0 saturated carbocycles. The summed E-state index contributed by atoms with van der Waals surface area (Å²) in [6.45, 7) is 6.87. The van der Waals surface area contributed by atoms with E-state index in [-0.39, 0.29) is 17.1 Å². The van der Waals surface area contributed by atoms with Crippen LogP contribution in [0.4, 0.5) is 5.69 Å². The number of rotatable bonds is 4. The molecule has 0 aliphatic carbocycles. The molecule has 1 atom stereocenters. The summed E-state index contributed by atoms with van der Waals surface area (Å²) in [4.78, 5) is 17.7. The van der Waals surface area contributed by atoms with Crippen LogP contribution in [0.15, 0.2) is 54.7 Å². The van der Waals surface area contributed by atoms with Gasteiger partial charge in [0.05, 0.1) is 5.57 Å². The number of piperidine rings is 1. The number of carbonyl (C=O) groups excluding carboxylic acids is 1. The number of aromatic hydroxyl groups is 1. The number of nitrogens with zero attached hydrogens (tertiary/aromatic N) is 2. The first kappa shape index (κ1) is 21.2. The summed E-state index contributed by atoms with van der Waals surface area (Å²) < 4.78 is 0. The molecular weight excluding hydrogens is 388 g/mol. The summed E-state index contributed by atoms with van der Waals surface area (Å²) in [5, 5.41) is 9.71. The largest absolute Gasteiger partial charge is 0.508 e. The highest BCUT2D eigenvalue weighted by molar-refractivity contribution is 6.20. The lowest BCUT2D eigenvalue weighted by atomic mass is 9.62. The van der Waals surface area contributed by atoms with Crippen LogP contribution in [0.3, 0.4) is 0 Å². The predicted octanol–water partition coefficient (Wildman–Crippen LogP) is 3.35. The minimum atomic E-state index is -0.0588. The number of benzene rings is 2. The van der Waals surface area contributed by atoms with Crippen LogP contribution in [0.5, 0.6) is 5.75 Å². The number of nitrogens with two attached hydrogens (primary N) is 2. The van der Waals surface area contributed by atoms with Gasteiger partial charge in [0.15, 0.2) is 0 Å². The second kappa shape index (κ2) is 8.27. The number of hydrogen-bond donors (Lipinski definition) is 3. The van der Waals surface area contributed by atoms with Gasteiger partial charge < -0.3 is 21.5 Å². The minimum absolute atomic E-state index is 0.0588. The zero-order valence-electron chi connectivity index (χ0n) is 18.3. The Morgan fingerprint density at radius 3 is 2.35 bits per heavy atom. The van der Waals surface area contributed by atoms with Crippen molar-refractivity contribution in [2.75, 3.05) is 25.4 Å². The summed E-state index contributed by atoms with van der Waals surface area (Å²) >= 11 is 0. The topological polar surface area (TPSA) is 95.8 Å². The Bertz CT molecular complexity index is 975. The van der Waals surface area contributed by atoms with Crippen molar-refractivity contribution in [3.8, 4) is 5.75 Å². The number of hydrogen-bond acceptors (Lipinski definition) is 5. The molecule has 1 amide bonds. The van der Waals surface area contributed by atoms with Crippen LogP contribution in [0.2, 0.25) is 0 Å². The van der Waals surface area contributed by atoms with Gasteiger partial charge in [0.1, 0.15) is 5.75 Å². The first-order chi connectivity index (χ1) is 14.9. The van der Waals surface area contributed by atoms with E-state index in [2.05, 4.69) is 18.7 Å². The van der Waals surface area contributed by atoms with Crippen molar-refractivity contribution < 1.29 is 9.90 Å². The van der Waals surface area contributed by atoms with Gasteiger partial charge in [0, 0.05) is 54.6 Å². The molecule has 31 heavy (non-hydrogen) atoms. The highest BCUT2D eigenvalue weighted by atomic mass is 16.3. The van der Waals surface area contributed by atoms with E-state index >= 15 is 0 Å². The Hall–Kier alpha value is -2.99. The average Bonchev–Trinajstić information content (AvgIpc) is 2.75. The van der Waals surface area contributed by atoms with Gasteiger partial charge in [0.2, 0.25) is 0 Å². The number of likely N-dealkylation sites (tertiary alicyclic amines) is 2. The van der Waals surface area contributed by atoms with Gasteiger partial charge in [-0.2, -0.15) is 0 Å². The highest BCUT2D eigenvalue weighted by Crippen LogP contribution is 2.55. The molecule has 2 aromatic carbocycles. The molecule has 5 N–H and O–H groups in total. The SMILES string of the molecule is CC(C)N1CC2(CCN(C(=O)/C(=C/N)c3ccccc3N)CC2)C1c1ccc(O)cc1. The van der Waals surface area contributed by atoms with E-state index in [1.165, 1.54) is 11.8 Å². The van der Waals surface area contributed by atoms with E-state index in [4.69, 9.17) is 11.5 Å². The Balaban J connectivity index is 1.51. The molecule has 1 unspecified atom stereocenters. The van der Waals surface area contributed by atoms with Crippen molar-refractivity contribution in [1.82, 2.24) is 9.80 Å². The van der Waals surface area contributed by atoms with E-state index in [1.807, 2.05) is 35.2 Å². The van der Waals surface area contributed by atoms with E-state index in [0.717, 1.165) is 19.4 Å². The van der Waals surface area contributed by atoms with Gasteiger partial charge in [-0.1, -0.05) is 30.3 Å². The number of nitrogen functional groups attached to an aromatic ring is 1. The standard InChI is InChI=1S/C25H32N4O2/c1-17(2)29-16-25(23(29)18-7-9-19(30)10-8-18)11-13-28(14-12-25)24(31)21(15-26)20-5-3-4-6-22(20)27/h3-10,15,17,23,30H,11-14,16,26-27H2,1-2H3/b21-15+. The molecule has 2 fully saturated rings. The number of phenolic OH excluding ortho intramolecular Hbond substituents is 1. The van der Waals surface area contributed by atoms with Crippen molar-refractivity contribution >= 4 is 17.2 Å². The van der Waals surface area contributed by atoms with Crippen LogP contribution in [-0.4, -0.2) is 46.5 Å². The van der Waals surface area contributed by atoms with Gasteiger partial charge in [-0.05, 0) is 50.5 Å². The molecule has 0 bridgehead atoms. The fourth-order valence-corrected chi connectivity index (χ4v) is 5.24. The van der Waals surface area contributed by atoms with Crippen LogP contribution in [0.1, 0.15) is 43.9 Å². The smallest absolute Gasteiger partial charge is 0.256 e. The summed E-state index contributed by atoms with van der Waals surface area (Å²) in [6.07, 6.45) is 3.26. The molecular formula is C25H32N4O2. The molecule has 164 valence electrons. The first-order valence-corrected chi connectivity index (χ1v) is 11.0. The number of para-hydroxylation sites is 1. The molecule has 6 nitrogen and oxygen atoms in total. The van der Waals surface area contributed by atoms with Crippen LogP contribution in [0.25, 0.3) is 5.57 Å². The number of phenols is 1. The summed E-state index contributed by atoms with van der Waals surface area (Å²) in [5.41, 5.74) is 15.0. The maximum absolute atomic E-state index is 13.2. The predicted molar refractivity (Wildman–Crippen MR) is 124 cm³/mol. The fourth-order valence-electron chi connectivity index (χ4n) is 5.24. The van der Waals surface area contributed by atoms with Gasteiger partial charge >= 0.3 is 0 Å². The fraction of sp³-hybridized carbons (Fsp3) is 0.400. The number of anilines is 1. The Morgan fingerprint density at radius 2 is 1.77 bits per heavy atom. The quantitative estimate of drug-likeness (QED) is 0.521. The molecule has 2 aromatic rings. The Morgan fingerprint density at radius 1 is 1.13 bits per heavy atom. The van der Waals surface area contributed by atoms with E-state index in [1.54, 1.807) is 18.2 Å². The van der Waals surface area contributed by atoms with Crippen molar-refractivity contribution in [1.29, 1.82) is 0 Å². The average molecular weight is 421 g/mol. The molecule has 1 spiro atoms. The maximum atomic E-state index is 13.2. The molecule has 2 heterocycles. The number of amides is 1. The summed E-state index contributed by atoms with van der Waals surface area (Å²) in [6, 6.07) is 15.7. The molecule has 2 saturated heterocycles. The maximum Gasteiger partial charge on any atom is 0.256 e. The van der Waals surface area contributed by atoms with Crippen molar-refractivity contribution in [3.05, 3.63) is 65.9 Å². The third-order valence-corrected chi connectivity index (χ3v) is 6.98. The minimum Gasteiger partial charge on any atom is -0.508 e. The lowest BCUT2D eigenvalue weighted by Crippen LogP contribution is -2.64. The van der Waals surface area contributed by atoms with Gasteiger partial charge in [0.25, 0.3) is 5.91 Å². The molecule has 6 heteroatoms. The van der Waals surface area contributed by atoms with E-state index in [0.29, 0.717) is 42.0 Å². The van der Waals surface area contributed by atoms with Crippen LogP contribution < -0.4 is 11.5 Å². The van der Waals surface area contributed by atoms with Crippen molar-refractivity contribution in [2.45, 2.75) is 38.8 Å². The Labute approximate surface area is 184 Å². The molecule has 2 aliphatic rings. The molecule has 0 aromatic heterocycles. The van der Waals surface area contributed by atoms with Gasteiger partial charge in [-0.25, -0.2) is 0 Å². The molecule has 2 aliphatic heterocycles. The number of carbonyl (C=O) groups is 1. The zero-order valence-corrected chi connectivity index (χ0v) is 18.3. The van der Waals surface area contributed by atoms with Crippen LogP contribution in [0, 0.1) is 5.41 Å². The summed E-state index contributed by atoms with van der Waals surface area (Å²) in [5.74, 6) is 0.228. The third kappa shape index (κ3) is 3.76. The van der Waals surface area contributed by atoms with Crippen molar-refractivity contribution in [3.63, 3.8) is 0 Å². The zero-order chi connectivity index (χ0) is 22.2. The second-order valence-corrected chi connectivity index (χ2v) is 9.08. The summed E-state index contributed by atoms with van der Waals surface area (Å²) in [7, 11) is 0. The van der Waals surface area contributed by atoms with E-state index < -0.39 is 0 Å². The van der Waals surface area contributed by atoms with E-state index in [9.17, 15) is 9.90 Å². The highest BCUT2D eigenvalue weighted by Gasteiger charge is 2.54. The normalized spacial score (nSPS) is 21.3. The first-order valence-electron chi connectivity index (χ1n) is 11.0. The third-order valence-electron chi connectivity index (χ3n) is 6.98. The molecule has 0 radical (unpaired) electrons.